The van der Waals surface area contributed by atoms with E-state index in [0.717, 1.165) is 19.2 Å². The number of rotatable bonds is 3. The SMILES string of the molecule is COC(=O)c1c(O)cc(CS(=O)O)cc1F. The van der Waals surface area contributed by atoms with Gasteiger partial charge in [-0.3, -0.25) is 0 Å². The van der Waals surface area contributed by atoms with E-state index >= 15 is 0 Å². The first-order valence-electron chi connectivity index (χ1n) is 4.13. The third-order valence-electron chi connectivity index (χ3n) is 1.81. The Labute approximate surface area is 93.1 Å². The standard InChI is InChI=1S/C9H9FO5S/c1-15-9(12)8-6(10)2-5(3-7(8)11)4-16(13)14/h2-3,11H,4H2,1H3,(H,13,14). The van der Waals surface area contributed by atoms with Crippen LogP contribution in [0.3, 0.4) is 0 Å². The predicted molar refractivity (Wildman–Crippen MR) is 53.9 cm³/mol. The number of carbonyl (C=O) groups is 1. The van der Waals surface area contributed by atoms with Crippen LogP contribution in [0.2, 0.25) is 0 Å². The Morgan fingerprint density at radius 2 is 2.19 bits per heavy atom. The van der Waals surface area contributed by atoms with Gasteiger partial charge in [-0.05, 0) is 17.7 Å². The highest BCUT2D eigenvalue weighted by Gasteiger charge is 2.19. The van der Waals surface area contributed by atoms with Crippen molar-refractivity contribution in [2.75, 3.05) is 7.11 Å². The number of hydrogen-bond acceptors (Lipinski definition) is 4. The van der Waals surface area contributed by atoms with Crippen molar-refractivity contribution in [3.63, 3.8) is 0 Å². The molecule has 5 nitrogen and oxygen atoms in total. The summed E-state index contributed by atoms with van der Waals surface area (Å²) in [5.41, 5.74) is -0.474. The maximum Gasteiger partial charge on any atom is 0.344 e. The number of hydrogen-bond donors (Lipinski definition) is 2. The average molecular weight is 248 g/mol. The summed E-state index contributed by atoms with van der Waals surface area (Å²) in [4.78, 5) is 11.1. The fraction of sp³-hybridized carbons (Fsp3) is 0.222. The lowest BCUT2D eigenvalue weighted by Gasteiger charge is -2.06. The van der Waals surface area contributed by atoms with Gasteiger partial charge in [0.1, 0.15) is 17.1 Å². The molecule has 1 atom stereocenters. The Balaban J connectivity index is 3.17. The largest absolute Gasteiger partial charge is 0.507 e. The Kier molecular flexibility index (Phi) is 3.97. The molecule has 1 aromatic rings. The second-order valence-corrected chi connectivity index (χ2v) is 3.86. The monoisotopic (exact) mass is 248 g/mol. The van der Waals surface area contributed by atoms with E-state index in [9.17, 15) is 18.5 Å². The van der Waals surface area contributed by atoms with Gasteiger partial charge in [-0.25, -0.2) is 13.4 Å². The molecule has 0 aliphatic rings. The van der Waals surface area contributed by atoms with Gasteiger partial charge in [-0.1, -0.05) is 0 Å². The number of methoxy groups -OCH3 is 1. The van der Waals surface area contributed by atoms with Crippen LogP contribution in [0.15, 0.2) is 12.1 Å². The Bertz CT molecular complexity index is 423. The molecule has 0 spiro atoms. The van der Waals surface area contributed by atoms with E-state index in [4.69, 9.17) is 4.55 Å². The summed E-state index contributed by atoms with van der Waals surface area (Å²) in [6, 6.07) is 1.95. The molecular weight excluding hydrogens is 239 g/mol. The normalized spacial score (nSPS) is 12.2. The van der Waals surface area contributed by atoms with Crippen molar-refractivity contribution in [3.8, 4) is 5.75 Å². The molecule has 0 bridgehead atoms. The fourth-order valence-corrected chi connectivity index (χ4v) is 1.63. The molecule has 16 heavy (non-hydrogen) atoms. The first-order valence-corrected chi connectivity index (χ1v) is 5.40. The summed E-state index contributed by atoms with van der Waals surface area (Å²) in [6.45, 7) is 0. The van der Waals surface area contributed by atoms with Gasteiger partial charge in [0.25, 0.3) is 0 Å². The second-order valence-electron chi connectivity index (χ2n) is 2.93. The van der Waals surface area contributed by atoms with Crippen molar-refractivity contribution in [2.24, 2.45) is 0 Å². The molecule has 0 fully saturated rings. The number of halogens is 1. The van der Waals surface area contributed by atoms with Crippen LogP contribution in [-0.2, 0) is 21.6 Å². The summed E-state index contributed by atoms with van der Waals surface area (Å²) in [5.74, 6) is -2.95. The van der Waals surface area contributed by atoms with Crippen LogP contribution < -0.4 is 0 Å². The molecule has 0 saturated carbocycles. The third-order valence-corrected chi connectivity index (χ3v) is 2.39. The summed E-state index contributed by atoms with van der Waals surface area (Å²) in [7, 11) is 1.05. The van der Waals surface area contributed by atoms with Crippen LogP contribution in [0.25, 0.3) is 0 Å². The van der Waals surface area contributed by atoms with Gasteiger partial charge in [0, 0.05) is 0 Å². The zero-order valence-electron chi connectivity index (χ0n) is 8.27. The molecule has 0 aromatic heterocycles. The molecule has 7 heteroatoms. The summed E-state index contributed by atoms with van der Waals surface area (Å²) < 4.78 is 36.7. The van der Waals surface area contributed by atoms with Gasteiger partial charge in [-0.15, -0.1) is 0 Å². The predicted octanol–water partition coefficient (Wildman–Crippen LogP) is 1.04. The lowest BCUT2D eigenvalue weighted by atomic mass is 10.1. The molecule has 0 amide bonds. The van der Waals surface area contributed by atoms with E-state index in [1.165, 1.54) is 0 Å². The van der Waals surface area contributed by atoms with Crippen LogP contribution in [0, 0.1) is 5.82 Å². The first-order chi connectivity index (χ1) is 7.45. The maximum absolute atomic E-state index is 13.4. The average Bonchev–Trinajstić information content (AvgIpc) is 2.15. The molecular formula is C9H9FO5S. The molecule has 2 N–H and O–H groups in total. The number of phenols is 1. The van der Waals surface area contributed by atoms with Crippen LogP contribution in [-0.4, -0.2) is 26.9 Å². The summed E-state index contributed by atoms with van der Waals surface area (Å²) >= 11 is -2.15. The smallest absolute Gasteiger partial charge is 0.344 e. The molecule has 1 aromatic carbocycles. The van der Waals surface area contributed by atoms with E-state index in [0.29, 0.717) is 0 Å². The van der Waals surface area contributed by atoms with Crippen molar-refractivity contribution in [1.82, 2.24) is 0 Å². The molecule has 0 radical (unpaired) electrons. The highest BCUT2D eigenvalue weighted by molar-refractivity contribution is 7.78. The third kappa shape index (κ3) is 2.77. The molecule has 1 rings (SSSR count). The van der Waals surface area contributed by atoms with Gasteiger partial charge >= 0.3 is 5.97 Å². The van der Waals surface area contributed by atoms with Crippen LogP contribution in [0.4, 0.5) is 4.39 Å². The second kappa shape index (κ2) is 5.04. The highest BCUT2D eigenvalue weighted by atomic mass is 32.2. The maximum atomic E-state index is 13.4. The minimum Gasteiger partial charge on any atom is -0.507 e. The Morgan fingerprint density at radius 3 is 2.62 bits per heavy atom. The number of esters is 1. The van der Waals surface area contributed by atoms with Gasteiger partial charge in [0.05, 0.1) is 12.9 Å². The highest BCUT2D eigenvalue weighted by Crippen LogP contribution is 2.24. The lowest BCUT2D eigenvalue weighted by molar-refractivity contribution is 0.0592. The zero-order valence-corrected chi connectivity index (χ0v) is 9.08. The Morgan fingerprint density at radius 1 is 1.56 bits per heavy atom. The quantitative estimate of drug-likeness (QED) is 0.616. The Hall–Kier alpha value is -1.47. The summed E-state index contributed by atoms with van der Waals surface area (Å²) in [5, 5.41) is 9.37. The van der Waals surface area contributed by atoms with Gasteiger partial charge in [0.2, 0.25) is 0 Å². The number of ether oxygens (including phenoxy) is 1. The first kappa shape index (κ1) is 12.6. The van der Waals surface area contributed by atoms with Gasteiger partial charge < -0.3 is 14.4 Å². The van der Waals surface area contributed by atoms with E-state index in [1.807, 2.05) is 0 Å². The lowest BCUT2D eigenvalue weighted by Crippen LogP contribution is -2.06. The molecule has 88 valence electrons. The number of carbonyl (C=O) groups excluding carboxylic acids is 1. The topological polar surface area (TPSA) is 83.8 Å². The zero-order chi connectivity index (χ0) is 12.3. The number of phenolic OH excluding ortho intramolecular Hbond substituents is 1. The molecule has 0 aliphatic carbocycles. The van der Waals surface area contributed by atoms with Gasteiger partial charge in [-0.2, -0.15) is 0 Å². The van der Waals surface area contributed by atoms with Crippen LogP contribution in [0.5, 0.6) is 5.75 Å². The van der Waals surface area contributed by atoms with Crippen molar-refractivity contribution >= 4 is 17.0 Å². The van der Waals surface area contributed by atoms with Crippen LogP contribution >= 0.6 is 0 Å². The molecule has 1 unspecified atom stereocenters. The minimum absolute atomic E-state index is 0.114. The summed E-state index contributed by atoms with van der Waals surface area (Å²) in [6.07, 6.45) is 0. The van der Waals surface area contributed by atoms with Crippen molar-refractivity contribution in [2.45, 2.75) is 5.75 Å². The fourth-order valence-electron chi connectivity index (χ4n) is 1.18. The molecule has 0 saturated heterocycles. The van der Waals surface area contributed by atoms with E-state index in [-0.39, 0.29) is 11.3 Å². The molecule has 0 aliphatic heterocycles. The number of benzene rings is 1. The van der Waals surface area contributed by atoms with Crippen molar-refractivity contribution < 1.29 is 27.8 Å². The van der Waals surface area contributed by atoms with E-state index in [1.54, 1.807) is 0 Å². The van der Waals surface area contributed by atoms with E-state index in [2.05, 4.69) is 4.74 Å². The number of aromatic hydroxyl groups is 1. The van der Waals surface area contributed by atoms with Crippen molar-refractivity contribution in [1.29, 1.82) is 0 Å². The van der Waals surface area contributed by atoms with E-state index < -0.39 is 34.2 Å². The van der Waals surface area contributed by atoms with Crippen molar-refractivity contribution in [3.05, 3.63) is 29.1 Å². The molecule has 0 heterocycles. The minimum atomic E-state index is -2.15. The van der Waals surface area contributed by atoms with Crippen LogP contribution in [0.1, 0.15) is 15.9 Å². The van der Waals surface area contributed by atoms with Gasteiger partial charge in [0.15, 0.2) is 11.1 Å².